The molecule has 0 bridgehead atoms. The van der Waals surface area contributed by atoms with Gasteiger partial charge in [-0.1, -0.05) is 18.2 Å². The topological polar surface area (TPSA) is 111 Å². The Morgan fingerprint density at radius 3 is 2.54 bits per heavy atom. The van der Waals surface area contributed by atoms with Gasteiger partial charge in [0.25, 0.3) is 5.91 Å². The number of imidazole rings is 1. The van der Waals surface area contributed by atoms with E-state index in [1.54, 1.807) is 30.3 Å². The first-order valence-corrected chi connectivity index (χ1v) is 8.68. The first-order chi connectivity index (χ1) is 13.7. The molecule has 8 nitrogen and oxygen atoms in total. The van der Waals surface area contributed by atoms with Crippen LogP contribution in [0.4, 0.5) is 17.3 Å². The molecule has 0 aliphatic carbocycles. The van der Waals surface area contributed by atoms with Crippen LogP contribution in [0.2, 0.25) is 0 Å². The maximum Gasteiger partial charge on any atom is 0.255 e. The van der Waals surface area contributed by atoms with Crippen molar-refractivity contribution in [2.45, 2.75) is 0 Å². The minimum atomic E-state index is -0.211. The van der Waals surface area contributed by atoms with Gasteiger partial charge in [-0.2, -0.15) is 15.4 Å². The van der Waals surface area contributed by atoms with Gasteiger partial charge in [0.1, 0.15) is 11.0 Å². The minimum Gasteiger partial charge on any atom is -0.326 e. The van der Waals surface area contributed by atoms with E-state index in [0.717, 1.165) is 22.2 Å². The van der Waals surface area contributed by atoms with Gasteiger partial charge in [-0.25, -0.2) is 4.98 Å². The number of carbonyl (C=O) groups is 1. The molecule has 0 unspecified atom stereocenters. The van der Waals surface area contributed by atoms with E-state index in [9.17, 15) is 4.79 Å². The van der Waals surface area contributed by atoms with Crippen molar-refractivity contribution in [3.05, 3.63) is 72.3 Å². The van der Waals surface area contributed by atoms with E-state index >= 15 is 0 Å². The molecule has 136 valence electrons. The summed E-state index contributed by atoms with van der Waals surface area (Å²) in [6.45, 7) is 0. The van der Waals surface area contributed by atoms with E-state index in [2.05, 4.69) is 36.0 Å². The van der Waals surface area contributed by atoms with Crippen molar-refractivity contribution in [2.24, 2.45) is 0 Å². The molecule has 0 saturated carbocycles. The Kier molecular flexibility index (Phi) is 3.72. The Morgan fingerprint density at radius 1 is 0.821 bits per heavy atom. The van der Waals surface area contributed by atoms with Gasteiger partial charge in [-0.05, 0) is 48.5 Å². The predicted octanol–water partition coefficient (Wildman–Crippen LogP) is 3.83. The Labute approximate surface area is 159 Å². The highest BCUT2D eigenvalue weighted by molar-refractivity contribution is 6.06. The highest BCUT2D eigenvalue weighted by atomic mass is 16.1. The lowest BCUT2D eigenvalue weighted by molar-refractivity contribution is 0.102. The van der Waals surface area contributed by atoms with Crippen LogP contribution in [0, 0.1) is 0 Å². The number of amides is 1. The molecule has 2 aromatic heterocycles. The SMILES string of the molecule is O=C(Nc1ccc2n[nH]nc2c1)c1ccc2nc(Nc3ccccc3)[nH]c2c1. The van der Waals surface area contributed by atoms with Gasteiger partial charge in [0.2, 0.25) is 5.95 Å². The van der Waals surface area contributed by atoms with Crippen LogP contribution in [0.15, 0.2) is 66.7 Å². The van der Waals surface area contributed by atoms with Crippen LogP contribution in [0.25, 0.3) is 22.1 Å². The average Bonchev–Trinajstić information content (AvgIpc) is 3.33. The summed E-state index contributed by atoms with van der Waals surface area (Å²) in [5, 5.41) is 16.7. The van der Waals surface area contributed by atoms with Crippen molar-refractivity contribution in [3.8, 4) is 0 Å². The van der Waals surface area contributed by atoms with Crippen molar-refractivity contribution in [1.82, 2.24) is 25.4 Å². The molecule has 4 N–H and O–H groups in total. The first kappa shape index (κ1) is 16.0. The maximum absolute atomic E-state index is 12.6. The molecule has 5 rings (SSSR count). The molecule has 0 atom stereocenters. The molecular weight excluding hydrogens is 354 g/mol. The summed E-state index contributed by atoms with van der Waals surface area (Å²) < 4.78 is 0. The zero-order valence-corrected chi connectivity index (χ0v) is 14.6. The Morgan fingerprint density at radius 2 is 1.64 bits per heavy atom. The molecule has 3 aromatic carbocycles. The standard InChI is InChI=1S/C20H15N7O/c28-19(21-14-7-9-16-18(11-14)26-27-25-16)12-6-8-15-17(10-12)24-20(23-15)22-13-4-2-1-3-5-13/h1-11H,(H,21,28)(H2,22,23,24)(H,25,26,27). The number of carbonyl (C=O) groups excluding carboxylic acids is 1. The van der Waals surface area contributed by atoms with Crippen LogP contribution in [-0.2, 0) is 0 Å². The molecule has 28 heavy (non-hydrogen) atoms. The lowest BCUT2D eigenvalue weighted by Crippen LogP contribution is -2.11. The normalized spacial score (nSPS) is 11.0. The Balaban J connectivity index is 1.38. The summed E-state index contributed by atoms with van der Waals surface area (Å²) in [4.78, 5) is 20.3. The second-order valence-corrected chi connectivity index (χ2v) is 6.29. The highest BCUT2D eigenvalue weighted by Crippen LogP contribution is 2.21. The van der Waals surface area contributed by atoms with Crippen LogP contribution < -0.4 is 10.6 Å². The third kappa shape index (κ3) is 3.03. The van der Waals surface area contributed by atoms with Gasteiger partial charge >= 0.3 is 0 Å². The zero-order valence-electron chi connectivity index (χ0n) is 14.6. The number of para-hydroxylation sites is 1. The maximum atomic E-state index is 12.6. The number of nitrogens with one attached hydrogen (secondary N) is 4. The number of aromatic amines is 2. The monoisotopic (exact) mass is 369 g/mol. The summed E-state index contributed by atoms with van der Waals surface area (Å²) >= 11 is 0. The van der Waals surface area contributed by atoms with Gasteiger partial charge in [-0.3, -0.25) is 4.79 Å². The average molecular weight is 369 g/mol. The zero-order chi connectivity index (χ0) is 18.9. The molecular formula is C20H15N7O. The highest BCUT2D eigenvalue weighted by Gasteiger charge is 2.10. The molecule has 5 aromatic rings. The van der Waals surface area contributed by atoms with Crippen LogP contribution in [-0.4, -0.2) is 31.3 Å². The lowest BCUT2D eigenvalue weighted by atomic mass is 10.2. The van der Waals surface area contributed by atoms with Gasteiger partial charge in [0, 0.05) is 16.9 Å². The number of anilines is 3. The third-order valence-electron chi connectivity index (χ3n) is 4.35. The van der Waals surface area contributed by atoms with E-state index in [4.69, 9.17) is 0 Å². The van der Waals surface area contributed by atoms with Gasteiger partial charge in [-0.15, -0.1) is 0 Å². The minimum absolute atomic E-state index is 0.211. The van der Waals surface area contributed by atoms with Crippen molar-refractivity contribution < 1.29 is 4.79 Å². The number of aromatic nitrogens is 5. The van der Waals surface area contributed by atoms with E-state index < -0.39 is 0 Å². The second kappa shape index (κ2) is 6.51. The Bertz CT molecular complexity index is 1290. The van der Waals surface area contributed by atoms with Crippen LogP contribution in [0.1, 0.15) is 10.4 Å². The summed E-state index contributed by atoms with van der Waals surface area (Å²) in [5.74, 6) is 0.409. The third-order valence-corrected chi connectivity index (χ3v) is 4.35. The number of hydrogen-bond acceptors (Lipinski definition) is 5. The number of nitrogens with zero attached hydrogens (tertiary/aromatic N) is 3. The fraction of sp³-hybridized carbons (Fsp3) is 0. The molecule has 0 saturated heterocycles. The van der Waals surface area contributed by atoms with Gasteiger partial charge in [0.15, 0.2) is 0 Å². The molecule has 2 heterocycles. The fourth-order valence-corrected chi connectivity index (χ4v) is 2.99. The molecule has 0 aliphatic rings. The van der Waals surface area contributed by atoms with Crippen LogP contribution in [0.3, 0.4) is 0 Å². The molecule has 1 amide bonds. The van der Waals surface area contributed by atoms with Crippen molar-refractivity contribution >= 4 is 45.3 Å². The number of hydrogen-bond donors (Lipinski definition) is 4. The number of benzene rings is 3. The first-order valence-electron chi connectivity index (χ1n) is 8.68. The van der Waals surface area contributed by atoms with Crippen molar-refractivity contribution in [1.29, 1.82) is 0 Å². The molecule has 0 spiro atoms. The number of rotatable bonds is 4. The van der Waals surface area contributed by atoms with E-state index in [1.807, 2.05) is 36.4 Å². The summed E-state index contributed by atoms with van der Waals surface area (Å²) in [5.41, 5.74) is 5.11. The second-order valence-electron chi connectivity index (χ2n) is 6.29. The van der Waals surface area contributed by atoms with Crippen LogP contribution in [0.5, 0.6) is 0 Å². The molecule has 0 radical (unpaired) electrons. The largest absolute Gasteiger partial charge is 0.326 e. The van der Waals surface area contributed by atoms with Crippen molar-refractivity contribution in [2.75, 3.05) is 10.6 Å². The molecule has 8 heteroatoms. The van der Waals surface area contributed by atoms with Gasteiger partial charge in [0.05, 0.1) is 11.0 Å². The van der Waals surface area contributed by atoms with E-state index in [1.165, 1.54) is 0 Å². The fourth-order valence-electron chi connectivity index (χ4n) is 2.99. The van der Waals surface area contributed by atoms with E-state index in [0.29, 0.717) is 22.7 Å². The summed E-state index contributed by atoms with van der Waals surface area (Å²) in [6.07, 6.45) is 0. The van der Waals surface area contributed by atoms with E-state index in [-0.39, 0.29) is 5.91 Å². The predicted molar refractivity (Wildman–Crippen MR) is 108 cm³/mol. The molecule has 0 fully saturated rings. The Hall–Kier alpha value is -4.20. The smallest absolute Gasteiger partial charge is 0.255 e. The quantitative estimate of drug-likeness (QED) is 0.385. The number of H-pyrrole nitrogens is 2. The van der Waals surface area contributed by atoms with Crippen molar-refractivity contribution in [3.63, 3.8) is 0 Å². The van der Waals surface area contributed by atoms with Crippen LogP contribution >= 0.6 is 0 Å². The summed E-state index contributed by atoms with van der Waals surface area (Å²) in [7, 11) is 0. The molecule has 0 aliphatic heterocycles. The lowest BCUT2D eigenvalue weighted by Gasteiger charge is -2.05. The summed E-state index contributed by atoms with van der Waals surface area (Å²) in [6, 6.07) is 20.5. The van der Waals surface area contributed by atoms with Gasteiger partial charge < -0.3 is 15.6 Å². The number of fused-ring (bicyclic) bond motifs is 2.